The van der Waals surface area contributed by atoms with E-state index in [4.69, 9.17) is 11.6 Å². The summed E-state index contributed by atoms with van der Waals surface area (Å²) in [5.41, 5.74) is 1.41. The highest BCUT2D eigenvalue weighted by atomic mass is 35.5. The minimum atomic E-state index is 0.851. The lowest BCUT2D eigenvalue weighted by molar-refractivity contribution is 0.617. The molecule has 1 nitrogen and oxygen atoms in total. The van der Waals surface area contributed by atoms with Crippen molar-refractivity contribution < 1.29 is 0 Å². The van der Waals surface area contributed by atoms with E-state index in [1.807, 2.05) is 12.1 Å². The van der Waals surface area contributed by atoms with E-state index in [0.717, 1.165) is 24.5 Å². The lowest BCUT2D eigenvalue weighted by Gasteiger charge is -2.08. The average Bonchev–Trinajstić information content (AvgIpc) is 2.45. The zero-order valence-electron chi connectivity index (χ0n) is 11.6. The Bertz CT molecular complexity index is 522. The Morgan fingerprint density at radius 3 is 2.53 bits per heavy atom. The van der Waals surface area contributed by atoms with Crippen LogP contribution in [0.3, 0.4) is 0 Å². The maximum atomic E-state index is 6.24. The lowest BCUT2D eigenvalue weighted by Crippen LogP contribution is -2.15. The Morgan fingerprint density at radius 2 is 1.74 bits per heavy atom. The van der Waals surface area contributed by atoms with Gasteiger partial charge in [-0.05, 0) is 55.8 Å². The molecular weight excluding hydrogens is 254 g/mol. The van der Waals surface area contributed by atoms with E-state index >= 15 is 0 Å². The summed E-state index contributed by atoms with van der Waals surface area (Å²) in [5.74, 6) is 0. The minimum absolute atomic E-state index is 0.851. The van der Waals surface area contributed by atoms with Crippen molar-refractivity contribution in [2.24, 2.45) is 0 Å². The topological polar surface area (TPSA) is 12.0 Å². The van der Waals surface area contributed by atoms with Gasteiger partial charge in [0, 0.05) is 10.4 Å². The van der Waals surface area contributed by atoms with Crippen LogP contribution in [-0.2, 0) is 6.42 Å². The normalized spacial score (nSPS) is 11.1. The molecule has 0 unspecified atom stereocenters. The van der Waals surface area contributed by atoms with Gasteiger partial charge >= 0.3 is 0 Å². The first-order valence-corrected chi connectivity index (χ1v) is 7.57. The van der Waals surface area contributed by atoms with Crippen LogP contribution in [0.2, 0.25) is 5.02 Å². The molecule has 0 aliphatic heterocycles. The summed E-state index contributed by atoms with van der Waals surface area (Å²) >= 11 is 6.24. The molecule has 0 spiro atoms. The number of halogens is 1. The Labute approximate surface area is 121 Å². The summed E-state index contributed by atoms with van der Waals surface area (Å²) in [4.78, 5) is 0. The van der Waals surface area contributed by atoms with Crippen LogP contribution < -0.4 is 5.32 Å². The molecule has 0 aromatic heterocycles. The van der Waals surface area contributed by atoms with E-state index < -0.39 is 0 Å². The summed E-state index contributed by atoms with van der Waals surface area (Å²) in [6.07, 6.45) is 4.80. The highest BCUT2D eigenvalue weighted by molar-refractivity contribution is 6.35. The van der Waals surface area contributed by atoms with Crippen molar-refractivity contribution in [1.29, 1.82) is 0 Å². The standard InChI is InChI=1S/C17H22ClN/c1-2-12-19-13-6-5-7-14-10-11-17(18)16-9-4-3-8-15(14)16/h3-4,8-11,19H,2,5-7,12-13H2,1H3. The quantitative estimate of drug-likeness (QED) is 0.715. The highest BCUT2D eigenvalue weighted by Gasteiger charge is 2.03. The molecule has 19 heavy (non-hydrogen) atoms. The predicted octanol–water partition coefficient (Wildman–Crippen LogP) is 4.82. The maximum absolute atomic E-state index is 6.24. The van der Waals surface area contributed by atoms with Crippen LogP contribution in [-0.4, -0.2) is 13.1 Å². The van der Waals surface area contributed by atoms with Gasteiger partial charge in [0.25, 0.3) is 0 Å². The number of rotatable bonds is 7. The van der Waals surface area contributed by atoms with Crippen LogP contribution in [0, 0.1) is 0 Å². The Balaban J connectivity index is 1.96. The second kappa shape index (κ2) is 7.52. The fourth-order valence-corrected chi connectivity index (χ4v) is 2.64. The van der Waals surface area contributed by atoms with Gasteiger partial charge in [0.2, 0.25) is 0 Å². The number of hydrogen-bond donors (Lipinski definition) is 1. The monoisotopic (exact) mass is 275 g/mol. The second-order valence-corrected chi connectivity index (χ2v) is 5.37. The van der Waals surface area contributed by atoms with Crippen molar-refractivity contribution in [2.45, 2.75) is 32.6 Å². The van der Waals surface area contributed by atoms with Crippen LogP contribution in [0.15, 0.2) is 36.4 Å². The molecule has 2 rings (SSSR count). The van der Waals surface area contributed by atoms with Crippen molar-refractivity contribution in [2.75, 3.05) is 13.1 Å². The molecule has 0 aliphatic carbocycles. The molecule has 0 bridgehead atoms. The molecule has 102 valence electrons. The summed E-state index contributed by atoms with van der Waals surface area (Å²) in [7, 11) is 0. The molecular formula is C17H22ClN. The van der Waals surface area contributed by atoms with Crippen LogP contribution in [0.1, 0.15) is 31.7 Å². The molecule has 0 heterocycles. The third kappa shape index (κ3) is 3.95. The first-order valence-electron chi connectivity index (χ1n) is 7.19. The van der Waals surface area contributed by atoms with Crippen molar-refractivity contribution in [1.82, 2.24) is 5.32 Å². The third-order valence-corrected chi connectivity index (χ3v) is 3.77. The molecule has 2 aromatic rings. The van der Waals surface area contributed by atoms with Gasteiger partial charge in [0.05, 0.1) is 0 Å². The fraction of sp³-hybridized carbons (Fsp3) is 0.412. The molecule has 0 radical (unpaired) electrons. The summed E-state index contributed by atoms with van der Waals surface area (Å²) < 4.78 is 0. The number of hydrogen-bond acceptors (Lipinski definition) is 1. The highest BCUT2D eigenvalue weighted by Crippen LogP contribution is 2.27. The van der Waals surface area contributed by atoms with Gasteiger partial charge in [0.15, 0.2) is 0 Å². The molecule has 0 atom stereocenters. The summed E-state index contributed by atoms with van der Waals surface area (Å²) in [6.45, 7) is 4.45. The zero-order valence-corrected chi connectivity index (χ0v) is 12.3. The first-order chi connectivity index (χ1) is 9.33. The van der Waals surface area contributed by atoms with Crippen molar-refractivity contribution in [3.8, 4) is 0 Å². The fourth-order valence-electron chi connectivity index (χ4n) is 2.41. The van der Waals surface area contributed by atoms with Gasteiger partial charge in [0.1, 0.15) is 0 Å². The molecule has 2 aromatic carbocycles. The molecule has 1 N–H and O–H groups in total. The largest absolute Gasteiger partial charge is 0.317 e. The molecule has 0 saturated carbocycles. The van der Waals surface area contributed by atoms with Gasteiger partial charge in [-0.3, -0.25) is 0 Å². The van der Waals surface area contributed by atoms with E-state index in [9.17, 15) is 0 Å². The van der Waals surface area contributed by atoms with Gasteiger partial charge in [-0.1, -0.05) is 48.9 Å². The van der Waals surface area contributed by atoms with E-state index in [1.165, 1.54) is 35.6 Å². The van der Waals surface area contributed by atoms with Gasteiger partial charge < -0.3 is 5.32 Å². The summed E-state index contributed by atoms with van der Waals surface area (Å²) in [5, 5.41) is 6.77. The molecule has 0 amide bonds. The molecule has 0 aliphatic rings. The second-order valence-electron chi connectivity index (χ2n) is 4.96. The van der Waals surface area contributed by atoms with Gasteiger partial charge in [-0.2, -0.15) is 0 Å². The zero-order chi connectivity index (χ0) is 13.5. The summed E-state index contributed by atoms with van der Waals surface area (Å²) in [6, 6.07) is 12.6. The lowest BCUT2D eigenvalue weighted by atomic mass is 10.00. The minimum Gasteiger partial charge on any atom is -0.317 e. The maximum Gasteiger partial charge on any atom is 0.0484 e. The van der Waals surface area contributed by atoms with Gasteiger partial charge in [-0.25, -0.2) is 0 Å². The first kappa shape index (κ1) is 14.4. The third-order valence-electron chi connectivity index (χ3n) is 3.44. The van der Waals surface area contributed by atoms with Crippen LogP contribution in [0.5, 0.6) is 0 Å². The smallest absolute Gasteiger partial charge is 0.0484 e. The number of unbranched alkanes of at least 4 members (excludes halogenated alkanes) is 1. The van der Waals surface area contributed by atoms with E-state index in [2.05, 4.69) is 36.5 Å². The number of nitrogens with one attached hydrogen (secondary N) is 1. The molecule has 2 heteroatoms. The van der Waals surface area contributed by atoms with E-state index in [0.29, 0.717) is 0 Å². The van der Waals surface area contributed by atoms with Gasteiger partial charge in [-0.15, -0.1) is 0 Å². The number of aryl methyl sites for hydroxylation is 1. The van der Waals surface area contributed by atoms with Crippen molar-refractivity contribution >= 4 is 22.4 Å². The van der Waals surface area contributed by atoms with Crippen molar-refractivity contribution in [3.05, 3.63) is 47.0 Å². The van der Waals surface area contributed by atoms with E-state index in [1.54, 1.807) is 0 Å². The SMILES string of the molecule is CCCNCCCCc1ccc(Cl)c2ccccc12. The molecule has 0 fully saturated rings. The van der Waals surface area contributed by atoms with Crippen molar-refractivity contribution in [3.63, 3.8) is 0 Å². The van der Waals surface area contributed by atoms with Crippen LogP contribution >= 0.6 is 11.6 Å². The van der Waals surface area contributed by atoms with Crippen LogP contribution in [0.4, 0.5) is 0 Å². The Hall–Kier alpha value is -1.05. The molecule has 0 saturated heterocycles. The van der Waals surface area contributed by atoms with Crippen LogP contribution in [0.25, 0.3) is 10.8 Å². The average molecular weight is 276 g/mol. The Morgan fingerprint density at radius 1 is 0.947 bits per heavy atom. The van der Waals surface area contributed by atoms with E-state index in [-0.39, 0.29) is 0 Å². The number of fused-ring (bicyclic) bond motifs is 1. The Kier molecular flexibility index (Phi) is 5.68. The predicted molar refractivity (Wildman–Crippen MR) is 85.1 cm³/mol. The number of benzene rings is 2.